The minimum Gasteiger partial charge on any atom is -0.468 e. The molecular weight excluding hydrogens is 284 g/mol. The fourth-order valence-electron chi connectivity index (χ4n) is 2.66. The van der Waals surface area contributed by atoms with Crippen LogP contribution in [0.15, 0.2) is 0 Å². The first-order chi connectivity index (χ1) is 10.3. The van der Waals surface area contributed by atoms with Crippen LogP contribution >= 0.6 is 0 Å². The van der Waals surface area contributed by atoms with Crippen molar-refractivity contribution < 1.29 is 19.1 Å². The Labute approximate surface area is 133 Å². The molecule has 0 aromatic rings. The van der Waals surface area contributed by atoms with E-state index in [1.807, 2.05) is 32.6 Å². The van der Waals surface area contributed by atoms with Gasteiger partial charge in [-0.15, -0.1) is 0 Å². The summed E-state index contributed by atoms with van der Waals surface area (Å²) >= 11 is 0. The number of carbonyl (C=O) groups is 2. The van der Waals surface area contributed by atoms with E-state index in [9.17, 15) is 9.59 Å². The van der Waals surface area contributed by atoms with E-state index in [0.717, 1.165) is 25.8 Å². The van der Waals surface area contributed by atoms with Crippen molar-refractivity contribution in [2.75, 3.05) is 20.2 Å². The van der Waals surface area contributed by atoms with Crippen LogP contribution in [0.1, 0.15) is 53.4 Å². The van der Waals surface area contributed by atoms with Gasteiger partial charge < -0.3 is 19.7 Å². The van der Waals surface area contributed by atoms with Gasteiger partial charge in [0.1, 0.15) is 11.6 Å². The van der Waals surface area contributed by atoms with E-state index in [-0.39, 0.29) is 24.1 Å². The standard InChI is InChI=1S/C16H30N2O4/c1-6-13(14(19)21-5)17-10-9-12-8-7-11-18(12)15(20)22-16(2,3)4/h12-13,17H,6-11H2,1-5H3. The summed E-state index contributed by atoms with van der Waals surface area (Å²) in [6, 6.07) is -0.0983. The lowest BCUT2D eigenvalue weighted by Gasteiger charge is -2.29. The number of esters is 1. The van der Waals surface area contributed by atoms with Crippen molar-refractivity contribution >= 4 is 12.1 Å². The third-order valence-electron chi connectivity index (χ3n) is 3.77. The van der Waals surface area contributed by atoms with Gasteiger partial charge in [-0.05, 0) is 53.0 Å². The summed E-state index contributed by atoms with van der Waals surface area (Å²) in [6.45, 7) is 8.99. The average Bonchev–Trinajstić information content (AvgIpc) is 2.89. The minimum absolute atomic E-state index is 0.178. The molecule has 1 aliphatic heterocycles. The normalized spacial score (nSPS) is 19.9. The van der Waals surface area contributed by atoms with E-state index in [1.165, 1.54) is 7.11 Å². The fraction of sp³-hybridized carbons (Fsp3) is 0.875. The lowest BCUT2D eigenvalue weighted by Crippen LogP contribution is -2.43. The van der Waals surface area contributed by atoms with Gasteiger partial charge in [0.25, 0.3) is 0 Å². The van der Waals surface area contributed by atoms with Crippen LogP contribution in [0, 0.1) is 0 Å². The summed E-state index contributed by atoms with van der Waals surface area (Å²) in [6.07, 6.45) is 3.24. The lowest BCUT2D eigenvalue weighted by atomic mass is 10.1. The number of nitrogens with zero attached hydrogens (tertiary/aromatic N) is 1. The van der Waals surface area contributed by atoms with Crippen LogP contribution in [0.25, 0.3) is 0 Å². The number of hydrogen-bond donors (Lipinski definition) is 1. The summed E-state index contributed by atoms with van der Waals surface area (Å²) < 4.78 is 10.2. The molecule has 1 heterocycles. The molecule has 1 fully saturated rings. The highest BCUT2D eigenvalue weighted by atomic mass is 16.6. The zero-order chi connectivity index (χ0) is 16.8. The molecule has 2 atom stereocenters. The molecule has 22 heavy (non-hydrogen) atoms. The topological polar surface area (TPSA) is 67.9 Å². The Morgan fingerprint density at radius 1 is 1.36 bits per heavy atom. The highest BCUT2D eigenvalue weighted by Gasteiger charge is 2.32. The summed E-state index contributed by atoms with van der Waals surface area (Å²) in [5.74, 6) is -0.238. The van der Waals surface area contributed by atoms with Gasteiger partial charge in [-0.2, -0.15) is 0 Å². The molecule has 0 aromatic carbocycles. The average molecular weight is 314 g/mol. The van der Waals surface area contributed by atoms with Crippen LogP contribution in [0.2, 0.25) is 0 Å². The van der Waals surface area contributed by atoms with E-state index in [4.69, 9.17) is 9.47 Å². The molecule has 0 saturated carbocycles. The quantitative estimate of drug-likeness (QED) is 0.762. The number of amides is 1. The molecule has 6 heteroatoms. The lowest BCUT2D eigenvalue weighted by molar-refractivity contribution is -0.143. The molecule has 0 aromatic heterocycles. The molecule has 0 radical (unpaired) electrons. The van der Waals surface area contributed by atoms with Gasteiger partial charge in [0.15, 0.2) is 0 Å². The number of likely N-dealkylation sites (tertiary alicyclic amines) is 1. The maximum atomic E-state index is 12.2. The van der Waals surface area contributed by atoms with Gasteiger partial charge in [-0.1, -0.05) is 6.92 Å². The van der Waals surface area contributed by atoms with E-state index in [1.54, 1.807) is 0 Å². The first-order valence-corrected chi connectivity index (χ1v) is 8.09. The van der Waals surface area contributed by atoms with Crippen molar-refractivity contribution in [2.45, 2.75) is 71.1 Å². The Balaban J connectivity index is 2.44. The van der Waals surface area contributed by atoms with Crippen molar-refractivity contribution in [3.63, 3.8) is 0 Å². The Bertz CT molecular complexity index is 379. The number of ether oxygens (including phenoxy) is 2. The smallest absolute Gasteiger partial charge is 0.410 e. The van der Waals surface area contributed by atoms with Crippen molar-refractivity contribution in [3.05, 3.63) is 0 Å². The molecule has 1 rings (SSSR count). The van der Waals surface area contributed by atoms with Crippen molar-refractivity contribution in [1.29, 1.82) is 0 Å². The molecule has 128 valence electrons. The molecule has 2 unspecified atom stereocenters. The zero-order valence-electron chi connectivity index (χ0n) is 14.5. The van der Waals surface area contributed by atoms with Crippen LogP contribution < -0.4 is 5.32 Å². The predicted molar refractivity (Wildman–Crippen MR) is 84.7 cm³/mol. The maximum Gasteiger partial charge on any atom is 0.410 e. The molecule has 1 N–H and O–H groups in total. The Morgan fingerprint density at radius 3 is 2.59 bits per heavy atom. The summed E-state index contributed by atoms with van der Waals surface area (Å²) in [5, 5.41) is 3.20. The molecule has 0 aliphatic carbocycles. The van der Waals surface area contributed by atoms with Crippen molar-refractivity contribution in [1.82, 2.24) is 10.2 Å². The Morgan fingerprint density at radius 2 is 2.05 bits per heavy atom. The largest absolute Gasteiger partial charge is 0.468 e. The third-order valence-corrected chi connectivity index (χ3v) is 3.77. The molecule has 0 spiro atoms. The first-order valence-electron chi connectivity index (χ1n) is 8.09. The maximum absolute atomic E-state index is 12.2. The number of hydrogen-bond acceptors (Lipinski definition) is 5. The summed E-state index contributed by atoms with van der Waals surface area (Å²) in [4.78, 5) is 25.5. The zero-order valence-corrected chi connectivity index (χ0v) is 14.5. The van der Waals surface area contributed by atoms with E-state index < -0.39 is 5.60 Å². The van der Waals surface area contributed by atoms with E-state index in [2.05, 4.69) is 5.32 Å². The van der Waals surface area contributed by atoms with Crippen molar-refractivity contribution in [3.8, 4) is 0 Å². The minimum atomic E-state index is -0.472. The summed E-state index contributed by atoms with van der Waals surface area (Å²) in [7, 11) is 1.40. The highest BCUT2D eigenvalue weighted by Crippen LogP contribution is 2.22. The van der Waals surface area contributed by atoms with Crippen LogP contribution in [0.3, 0.4) is 0 Å². The van der Waals surface area contributed by atoms with E-state index in [0.29, 0.717) is 13.0 Å². The second-order valence-corrected chi connectivity index (χ2v) is 6.70. The molecule has 1 amide bonds. The van der Waals surface area contributed by atoms with Gasteiger partial charge in [0.2, 0.25) is 0 Å². The van der Waals surface area contributed by atoms with Crippen LogP contribution in [0.5, 0.6) is 0 Å². The second-order valence-electron chi connectivity index (χ2n) is 6.70. The Kier molecular flexibility index (Phi) is 7.13. The molecule has 1 saturated heterocycles. The fourth-order valence-corrected chi connectivity index (χ4v) is 2.66. The van der Waals surface area contributed by atoms with E-state index >= 15 is 0 Å². The number of methoxy groups -OCH3 is 1. The molecule has 6 nitrogen and oxygen atoms in total. The van der Waals surface area contributed by atoms with Gasteiger partial charge >= 0.3 is 12.1 Å². The first kappa shape index (κ1) is 18.7. The Hall–Kier alpha value is -1.30. The highest BCUT2D eigenvalue weighted by molar-refractivity contribution is 5.75. The number of carbonyl (C=O) groups excluding carboxylic acids is 2. The summed E-state index contributed by atoms with van der Waals surface area (Å²) in [5.41, 5.74) is -0.472. The molecule has 1 aliphatic rings. The predicted octanol–water partition coefficient (Wildman–Crippen LogP) is 2.32. The molecule has 0 bridgehead atoms. The van der Waals surface area contributed by atoms with Gasteiger partial charge in [0, 0.05) is 12.6 Å². The SMILES string of the molecule is CCC(NCCC1CCCN1C(=O)OC(C)(C)C)C(=O)OC. The van der Waals surface area contributed by atoms with Crippen LogP contribution in [-0.2, 0) is 14.3 Å². The van der Waals surface area contributed by atoms with Crippen molar-refractivity contribution in [2.24, 2.45) is 0 Å². The second kappa shape index (κ2) is 8.36. The monoisotopic (exact) mass is 314 g/mol. The third kappa shape index (κ3) is 5.83. The van der Waals surface area contributed by atoms with Crippen LogP contribution in [0.4, 0.5) is 4.79 Å². The number of rotatable bonds is 6. The van der Waals surface area contributed by atoms with Crippen LogP contribution in [-0.4, -0.2) is 54.8 Å². The number of nitrogens with one attached hydrogen (secondary N) is 1. The van der Waals surface area contributed by atoms with Gasteiger partial charge in [0.05, 0.1) is 7.11 Å². The van der Waals surface area contributed by atoms with Gasteiger partial charge in [-0.25, -0.2) is 4.79 Å². The molecular formula is C16H30N2O4. The van der Waals surface area contributed by atoms with Gasteiger partial charge in [-0.3, -0.25) is 4.79 Å².